The quantitative estimate of drug-likeness (QED) is 0.441. The molecule has 0 spiro atoms. The Hall–Kier alpha value is -0.0400. The van der Waals surface area contributed by atoms with Gasteiger partial charge in [0.05, 0.1) is 0 Å². The summed E-state index contributed by atoms with van der Waals surface area (Å²) >= 11 is 0. The van der Waals surface area contributed by atoms with Crippen molar-refractivity contribution in [2.75, 3.05) is 7.05 Å². The molecule has 0 aromatic heterocycles. The summed E-state index contributed by atoms with van der Waals surface area (Å²) in [7, 11) is 2.37. The molecule has 0 unspecified atom stereocenters. The van der Waals surface area contributed by atoms with E-state index in [9.17, 15) is 0 Å². The van der Waals surface area contributed by atoms with Crippen LogP contribution < -0.4 is 0 Å². The molecule has 0 aromatic carbocycles. The van der Waals surface area contributed by atoms with E-state index in [1.807, 2.05) is 0 Å². The van der Waals surface area contributed by atoms with Crippen molar-refractivity contribution in [1.29, 1.82) is 0 Å². The normalized spacial score (nSPS) is 14.8. The van der Waals surface area contributed by atoms with Crippen molar-refractivity contribution in [2.45, 2.75) is 126 Å². The summed E-state index contributed by atoms with van der Waals surface area (Å²) in [6, 6.07) is 0.602. The van der Waals surface area contributed by atoms with Gasteiger partial charge >= 0.3 is 0 Å². The fourth-order valence-electron chi connectivity index (χ4n) is 3.27. The lowest BCUT2D eigenvalue weighted by Crippen LogP contribution is -2.51. The van der Waals surface area contributed by atoms with Crippen molar-refractivity contribution >= 4 is 0 Å². The van der Waals surface area contributed by atoms with Crippen LogP contribution in [0.4, 0.5) is 0 Å². The second-order valence-corrected chi connectivity index (χ2v) is 12.1. The highest BCUT2D eigenvalue weighted by molar-refractivity contribution is 4.94. The molecule has 0 atom stereocenters. The Morgan fingerprint density at radius 2 is 0.792 bits per heavy atom. The van der Waals surface area contributed by atoms with Crippen LogP contribution in [0.2, 0.25) is 0 Å². The lowest BCUT2D eigenvalue weighted by atomic mass is 9.72. The van der Waals surface area contributed by atoms with Crippen LogP contribution in [-0.4, -0.2) is 23.5 Å². The van der Waals surface area contributed by atoms with Crippen LogP contribution in [0, 0.1) is 16.2 Å². The third-order valence-electron chi connectivity index (χ3n) is 5.54. The van der Waals surface area contributed by atoms with E-state index >= 15 is 0 Å². The maximum atomic E-state index is 2.70. The molecule has 0 fully saturated rings. The first-order valence-electron chi connectivity index (χ1n) is 10.2. The van der Waals surface area contributed by atoms with E-state index in [4.69, 9.17) is 0 Å². The zero-order valence-corrected chi connectivity index (χ0v) is 19.3. The van der Waals surface area contributed by atoms with Gasteiger partial charge in [-0.3, -0.25) is 4.90 Å². The highest BCUT2D eigenvalue weighted by atomic mass is 15.2. The summed E-state index contributed by atoms with van der Waals surface area (Å²) in [5.74, 6) is 0. The van der Waals surface area contributed by atoms with Crippen molar-refractivity contribution in [1.82, 2.24) is 4.90 Å². The molecule has 24 heavy (non-hydrogen) atoms. The lowest BCUT2D eigenvalue weighted by Gasteiger charge is -2.48. The Kier molecular flexibility index (Phi) is 8.55. The summed E-state index contributed by atoms with van der Waals surface area (Å²) in [6.07, 6.45) is 7.86. The van der Waals surface area contributed by atoms with E-state index in [1.165, 1.54) is 38.5 Å². The molecular weight excluding hydrogens is 290 g/mol. The minimum absolute atomic E-state index is 0.335. The van der Waals surface area contributed by atoms with Crippen LogP contribution in [0.3, 0.4) is 0 Å². The van der Waals surface area contributed by atoms with Crippen molar-refractivity contribution < 1.29 is 0 Å². The number of hydrogen-bond donors (Lipinski definition) is 0. The third-order valence-corrected chi connectivity index (χ3v) is 5.54. The molecule has 0 rings (SSSR count). The van der Waals surface area contributed by atoms with Gasteiger partial charge in [-0.25, -0.2) is 0 Å². The van der Waals surface area contributed by atoms with E-state index in [-0.39, 0.29) is 0 Å². The molecule has 0 radical (unpaired) electrons. The van der Waals surface area contributed by atoms with E-state index in [0.29, 0.717) is 27.8 Å². The van der Waals surface area contributed by atoms with Crippen molar-refractivity contribution in [3.63, 3.8) is 0 Å². The van der Waals surface area contributed by atoms with E-state index in [2.05, 4.69) is 88.1 Å². The summed E-state index contributed by atoms with van der Waals surface area (Å²) in [6.45, 7) is 26.2. The Morgan fingerprint density at radius 1 is 0.542 bits per heavy atom. The van der Waals surface area contributed by atoms with Gasteiger partial charge in [-0.05, 0) is 75.7 Å². The van der Waals surface area contributed by atoms with E-state index < -0.39 is 0 Å². The van der Waals surface area contributed by atoms with Gasteiger partial charge in [0.2, 0.25) is 0 Å². The fourth-order valence-corrected chi connectivity index (χ4v) is 3.27. The van der Waals surface area contributed by atoms with Crippen LogP contribution in [0.25, 0.3) is 0 Å². The SMILES string of the molecule is CC(C)N(C)C(CCC(C)(C)C)(CCC(C)(C)C)CCC(C)(C)C. The molecule has 0 aliphatic carbocycles. The molecule has 0 aromatic rings. The third kappa shape index (κ3) is 10.1. The maximum absolute atomic E-state index is 2.70. The van der Waals surface area contributed by atoms with Crippen LogP contribution in [-0.2, 0) is 0 Å². The summed E-state index contributed by atoms with van der Waals surface area (Å²) in [4.78, 5) is 2.70. The number of rotatable bonds is 8. The monoisotopic (exact) mass is 339 g/mol. The predicted octanol–water partition coefficient (Wildman–Crippen LogP) is 7.54. The standard InChI is InChI=1S/C23H49N/c1-19(2)24(12)23(16-13-20(3,4)5,17-14-21(6,7)8)18-15-22(9,10)11/h19H,13-18H2,1-12H3. The molecule has 0 saturated heterocycles. The van der Waals surface area contributed by atoms with Crippen LogP contribution in [0.1, 0.15) is 115 Å². The minimum atomic E-state index is 0.335. The van der Waals surface area contributed by atoms with Crippen LogP contribution in [0.5, 0.6) is 0 Å². The van der Waals surface area contributed by atoms with Crippen LogP contribution >= 0.6 is 0 Å². The largest absolute Gasteiger partial charge is 0.298 e. The van der Waals surface area contributed by atoms with Crippen molar-refractivity contribution in [3.8, 4) is 0 Å². The minimum Gasteiger partial charge on any atom is -0.298 e. The highest BCUT2D eigenvalue weighted by Gasteiger charge is 2.38. The second-order valence-electron chi connectivity index (χ2n) is 12.1. The molecular formula is C23H49N. The molecule has 0 N–H and O–H groups in total. The lowest BCUT2D eigenvalue weighted by molar-refractivity contribution is 0.0299. The molecule has 0 amide bonds. The summed E-state index contributed by atoms with van der Waals surface area (Å²) in [5.41, 5.74) is 1.56. The second kappa shape index (κ2) is 8.56. The number of hydrogen-bond acceptors (Lipinski definition) is 1. The van der Waals surface area contributed by atoms with E-state index in [0.717, 1.165) is 0 Å². The Balaban J connectivity index is 5.53. The van der Waals surface area contributed by atoms with Gasteiger partial charge < -0.3 is 0 Å². The smallest absolute Gasteiger partial charge is 0.0209 e. The first-order chi connectivity index (χ1) is 10.5. The molecule has 0 aliphatic rings. The average molecular weight is 340 g/mol. The summed E-state index contributed by atoms with van der Waals surface area (Å²) < 4.78 is 0. The number of nitrogens with zero attached hydrogens (tertiary/aromatic N) is 1. The zero-order valence-electron chi connectivity index (χ0n) is 19.3. The molecule has 1 heteroatoms. The first-order valence-corrected chi connectivity index (χ1v) is 10.2. The van der Waals surface area contributed by atoms with Gasteiger partial charge in [0.15, 0.2) is 0 Å². The van der Waals surface area contributed by atoms with Crippen molar-refractivity contribution in [2.24, 2.45) is 16.2 Å². The molecule has 146 valence electrons. The molecule has 0 saturated carbocycles. The maximum Gasteiger partial charge on any atom is 0.0209 e. The Labute approximate surface area is 155 Å². The molecule has 1 nitrogen and oxygen atoms in total. The van der Waals surface area contributed by atoms with Gasteiger partial charge in [0.25, 0.3) is 0 Å². The van der Waals surface area contributed by atoms with Gasteiger partial charge in [0.1, 0.15) is 0 Å². The van der Waals surface area contributed by atoms with Gasteiger partial charge in [-0.1, -0.05) is 62.3 Å². The Bertz CT molecular complexity index is 300. The summed E-state index contributed by atoms with van der Waals surface area (Å²) in [5, 5.41) is 0. The van der Waals surface area contributed by atoms with Crippen molar-refractivity contribution in [3.05, 3.63) is 0 Å². The predicted molar refractivity (Wildman–Crippen MR) is 112 cm³/mol. The van der Waals surface area contributed by atoms with Crippen LogP contribution in [0.15, 0.2) is 0 Å². The van der Waals surface area contributed by atoms with Gasteiger partial charge in [-0.15, -0.1) is 0 Å². The zero-order chi connectivity index (χ0) is 19.4. The fraction of sp³-hybridized carbons (Fsp3) is 1.00. The molecule has 0 bridgehead atoms. The molecule has 0 aliphatic heterocycles. The average Bonchev–Trinajstić information content (AvgIpc) is 2.34. The highest BCUT2D eigenvalue weighted by Crippen LogP contribution is 2.41. The molecule has 0 heterocycles. The van der Waals surface area contributed by atoms with Gasteiger partial charge in [0, 0.05) is 11.6 Å². The Morgan fingerprint density at radius 3 is 0.958 bits per heavy atom. The van der Waals surface area contributed by atoms with E-state index in [1.54, 1.807) is 0 Å². The topological polar surface area (TPSA) is 3.24 Å². The first kappa shape index (κ1) is 24.0. The van der Waals surface area contributed by atoms with Gasteiger partial charge in [-0.2, -0.15) is 0 Å².